The van der Waals surface area contributed by atoms with Crippen molar-refractivity contribution in [2.75, 3.05) is 13.7 Å². The Labute approximate surface area is 96.2 Å². The molecule has 0 fully saturated rings. The summed E-state index contributed by atoms with van der Waals surface area (Å²) in [5, 5.41) is 8.85. The lowest BCUT2D eigenvalue weighted by molar-refractivity contribution is 0.00508. The Morgan fingerprint density at radius 2 is 2.12 bits per heavy atom. The number of rotatable bonds is 6. The van der Waals surface area contributed by atoms with Crippen molar-refractivity contribution >= 4 is 0 Å². The van der Waals surface area contributed by atoms with Gasteiger partial charge in [-0.15, -0.1) is 0 Å². The summed E-state index contributed by atoms with van der Waals surface area (Å²) >= 11 is 0. The molecule has 1 rings (SSSR count). The molecule has 0 aliphatic rings. The topological polar surface area (TPSA) is 51.6 Å². The quantitative estimate of drug-likeness (QED) is 0.801. The highest BCUT2D eigenvalue weighted by Crippen LogP contribution is 2.14. The van der Waals surface area contributed by atoms with Gasteiger partial charge in [-0.3, -0.25) is 0 Å². The first-order chi connectivity index (χ1) is 7.57. The molecule has 1 heterocycles. The van der Waals surface area contributed by atoms with E-state index in [0.29, 0.717) is 12.5 Å². The number of ether oxygens (including phenoxy) is 2. The van der Waals surface area contributed by atoms with E-state index >= 15 is 0 Å². The highest BCUT2D eigenvalue weighted by molar-refractivity contribution is 5.16. The van der Waals surface area contributed by atoms with E-state index < -0.39 is 0 Å². The highest BCUT2D eigenvalue weighted by atomic mass is 16.5. The van der Waals surface area contributed by atoms with Gasteiger partial charge in [0.2, 0.25) is 5.88 Å². The molecule has 0 saturated carbocycles. The Morgan fingerprint density at radius 1 is 1.38 bits per heavy atom. The summed E-state index contributed by atoms with van der Waals surface area (Å²) in [4.78, 5) is 4.07. The Bertz CT molecular complexity index is 309. The molecule has 0 aromatic carbocycles. The van der Waals surface area contributed by atoms with Crippen molar-refractivity contribution in [2.24, 2.45) is 0 Å². The molecular weight excluding hydrogens is 206 g/mol. The summed E-state index contributed by atoms with van der Waals surface area (Å²) in [6.07, 6.45) is 2.41. The van der Waals surface area contributed by atoms with Gasteiger partial charge in [-0.05, 0) is 25.5 Å². The molecule has 1 N–H and O–H groups in total. The first-order valence-corrected chi connectivity index (χ1v) is 5.31. The number of pyridine rings is 1. The first-order valence-electron chi connectivity index (χ1n) is 5.31. The van der Waals surface area contributed by atoms with Gasteiger partial charge in [0, 0.05) is 25.8 Å². The van der Waals surface area contributed by atoms with Gasteiger partial charge in [-0.25, -0.2) is 4.98 Å². The second kappa shape index (κ2) is 5.82. The van der Waals surface area contributed by atoms with E-state index in [9.17, 15) is 0 Å². The minimum atomic E-state index is -0.176. The molecule has 0 unspecified atom stereocenters. The third-order valence-electron chi connectivity index (χ3n) is 2.49. The fourth-order valence-corrected chi connectivity index (χ4v) is 1.09. The van der Waals surface area contributed by atoms with Gasteiger partial charge in [0.1, 0.15) is 0 Å². The number of nitrogens with zero attached hydrogens (tertiary/aromatic N) is 1. The van der Waals surface area contributed by atoms with Gasteiger partial charge >= 0.3 is 0 Å². The summed E-state index contributed by atoms with van der Waals surface area (Å²) in [7, 11) is 1.69. The lowest BCUT2D eigenvalue weighted by Crippen LogP contribution is -2.25. The van der Waals surface area contributed by atoms with Crippen LogP contribution in [0.4, 0.5) is 0 Å². The second-order valence-corrected chi connectivity index (χ2v) is 4.23. The van der Waals surface area contributed by atoms with E-state index in [2.05, 4.69) is 4.98 Å². The molecule has 0 aliphatic heterocycles. The normalized spacial score (nSPS) is 11.5. The van der Waals surface area contributed by atoms with Crippen LogP contribution < -0.4 is 4.74 Å². The van der Waals surface area contributed by atoms with E-state index in [1.165, 1.54) is 0 Å². The third-order valence-corrected chi connectivity index (χ3v) is 2.49. The van der Waals surface area contributed by atoms with Crippen LogP contribution in [0, 0.1) is 0 Å². The zero-order chi connectivity index (χ0) is 12.0. The summed E-state index contributed by atoms with van der Waals surface area (Å²) < 4.78 is 10.7. The Kier molecular flexibility index (Phi) is 4.71. The summed E-state index contributed by atoms with van der Waals surface area (Å²) in [5.41, 5.74) is 0.606. The molecule has 0 aliphatic carbocycles. The fraction of sp³-hybridized carbons (Fsp3) is 0.583. The van der Waals surface area contributed by atoms with Crippen LogP contribution in [0.1, 0.15) is 25.8 Å². The van der Waals surface area contributed by atoms with Crippen molar-refractivity contribution in [3.8, 4) is 5.88 Å². The van der Waals surface area contributed by atoms with Crippen molar-refractivity contribution in [3.05, 3.63) is 23.9 Å². The number of methoxy groups -OCH3 is 1. The average Bonchev–Trinajstić information content (AvgIpc) is 2.30. The van der Waals surface area contributed by atoms with Crippen molar-refractivity contribution < 1.29 is 14.6 Å². The molecule has 0 saturated heterocycles. The number of aromatic nitrogens is 1. The summed E-state index contributed by atoms with van der Waals surface area (Å²) in [5.74, 6) is 0.573. The SMILES string of the molecule is COC(C)(C)CCOc1ccc(CO)cn1. The van der Waals surface area contributed by atoms with Gasteiger partial charge in [-0.1, -0.05) is 0 Å². The minimum absolute atomic E-state index is 0.00395. The zero-order valence-corrected chi connectivity index (χ0v) is 10.1. The van der Waals surface area contributed by atoms with E-state index in [1.54, 1.807) is 25.4 Å². The molecule has 4 heteroatoms. The van der Waals surface area contributed by atoms with Gasteiger partial charge in [0.15, 0.2) is 0 Å². The smallest absolute Gasteiger partial charge is 0.213 e. The summed E-state index contributed by atoms with van der Waals surface area (Å²) in [6.45, 7) is 4.59. The zero-order valence-electron chi connectivity index (χ0n) is 10.1. The third kappa shape index (κ3) is 4.16. The van der Waals surface area contributed by atoms with Crippen LogP contribution in [-0.4, -0.2) is 29.4 Å². The minimum Gasteiger partial charge on any atom is -0.478 e. The molecule has 0 amide bonds. The van der Waals surface area contributed by atoms with E-state index in [-0.39, 0.29) is 12.2 Å². The molecule has 0 radical (unpaired) electrons. The largest absolute Gasteiger partial charge is 0.478 e. The molecule has 0 atom stereocenters. The Morgan fingerprint density at radius 3 is 2.62 bits per heavy atom. The van der Waals surface area contributed by atoms with Crippen LogP contribution >= 0.6 is 0 Å². The van der Waals surface area contributed by atoms with Crippen LogP contribution in [0.2, 0.25) is 0 Å². The Balaban J connectivity index is 2.37. The van der Waals surface area contributed by atoms with Crippen LogP contribution in [0.5, 0.6) is 5.88 Å². The monoisotopic (exact) mass is 225 g/mol. The maximum atomic E-state index is 8.85. The molecule has 90 valence electrons. The molecular formula is C12H19NO3. The van der Waals surface area contributed by atoms with Crippen molar-refractivity contribution in [1.29, 1.82) is 0 Å². The van der Waals surface area contributed by atoms with Crippen LogP contribution in [0.3, 0.4) is 0 Å². The first kappa shape index (κ1) is 12.9. The number of aliphatic hydroxyl groups is 1. The van der Waals surface area contributed by atoms with Crippen LogP contribution in [0.25, 0.3) is 0 Å². The molecule has 1 aromatic heterocycles. The van der Waals surface area contributed by atoms with E-state index in [0.717, 1.165) is 12.0 Å². The molecule has 1 aromatic rings. The summed E-state index contributed by atoms with van der Waals surface area (Å²) in [6, 6.07) is 3.55. The van der Waals surface area contributed by atoms with Crippen LogP contribution in [-0.2, 0) is 11.3 Å². The standard InChI is InChI=1S/C12H19NO3/c1-12(2,15-3)6-7-16-11-5-4-10(9-14)8-13-11/h4-5,8,14H,6-7,9H2,1-3H3. The van der Waals surface area contributed by atoms with Crippen molar-refractivity contribution in [2.45, 2.75) is 32.5 Å². The van der Waals surface area contributed by atoms with Crippen LogP contribution in [0.15, 0.2) is 18.3 Å². The molecule has 16 heavy (non-hydrogen) atoms. The predicted octanol–water partition coefficient (Wildman–Crippen LogP) is 1.77. The second-order valence-electron chi connectivity index (χ2n) is 4.23. The maximum Gasteiger partial charge on any atom is 0.213 e. The predicted molar refractivity (Wildman–Crippen MR) is 61.4 cm³/mol. The van der Waals surface area contributed by atoms with Crippen molar-refractivity contribution in [3.63, 3.8) is 0 Å². The van der Waals surface area contributed by atoms with E-state index in [1.807, 2.05) is 13.8 Å². The number of hydrogen-bond donors (Lipinski definition) is 1. The average molecular weight is 225 g/mol. The van der Waals surface area contributed by atoms with Gasteiger partial charge in [0.25, 0.3) is 0 Å². The molecule has 4 nitrogen and oxygen atoms in total. The number of aliphatic hydroxyl groups excluding tert-OH is 1. The fourth-order valence-electron chi connectivity index (χ4n) is 1.09. The van der Waals surface area contributed by atoms with Crippen molar-refractivity contribution in [1.82, 2.24) is 4.98 Å². The van der Waals surface area contributed by atoms with Gasteiger partial charge in [-0.2, -0.15) is 0 Å². The number of hydrogen-bond acceptors (Lipinski definition) is 4. The highest BCUT2D eigenvalue weighted by Gasteiger charge is 2.15. The van der Waals surface area contributed by atoms with Gasteiger partial charge in [0.05, 0.1) is 18.8 Å². The lowest BCUT2D eigenvalue weighted by Gasteiger charge is -2.22. The van der Waals surface area contributed by atoms with Gasteiger partial charge < -0.3 is 14.6 Å². The molecule has 0 spiro atoms. The Hall–Kier alpha value is -1.13. The van der Waals surface area contributed by atoms with E-state index in [4.69, 9.17) is 14.6 Å². The maximum absolute atomic E-state index is 8.85. The lowest BCUT2D eigenvalue weighted by atomic mass is 10.1. The molecule has 0 bridgehead atoms.